The number of nitrogens with zero attached hydrogens (tertiary/aromatic N) is 2. The van der Waals surface area contributed by atoms with Gasteiger partial charge >= 0.3 is 0 Å². The minimum Gasteiger partial charge on any atom is -0.497 e. The van der Waals surface area contributed by atoms with Crippen molar-refractivity contribution in [3.05, 3.63) is 83.9 Å². The summed E-state index contributed by atoms with van der Waals surface area (Å²) in [7, 11) is -2.08. The smallest absolute Gasteiger partial charge is 0.258 e. The zero-order chi connectivity index (χ0) is 26.0. The molecule has 2 aliphatic rings. The average Bonchev–Trinajstić information content (AvgIpc) is 3.36. The Morgan fingerprint density at radius 3 is 2.46 bits per heavy atom. The molecule has 8 nitrogen and oxygen atoms in total. The molecule has 9 heteroatoms. The lowest BCUT2D eigenvalue weighted by Crippen LogP contribution is -2.43. The molecule has 3 aromatic rings. The molecule has 2 heterocycles. The van der Waals surface area contributed by atoms with E-state index in [1.807, 2.05) is 18.2 Å². The number of anilines is 2. The van der Waals surface area contributed by atoms with Crippen molar-refractivity contribution in [1.82, 2.24) is 4.31 Å². The molecule has 1 atom stereocenters. The van der Waals surface area contributed by atoms with E-state index in [0.29, 0.717) is 42.9 Å². The zero-order valence-corrected chi connectivity index (χ0v) is 21.4. The molecule has 192 valence electrons. The van der Waals surface area contributed by atoms with E-state index in [1.165, 1.54) is 4.31 Å². The van der Waals surface area contributed by atoms with Crippen LogP contribution in [-0.4, -0.2) is 51.3 Å². The second-order valence-corrected chi connectivity index (χ2v) is 11.2. The van der Waals surface area contributed by atoms with E-state index in [1.54, 1.807) is 66.6 Å². The number of rotatable bonds is 6. The van der Waals surface area contributed by atoms with E-state index in [9.17, 15) is 18.0 Å². The Morgan fingerprint density at radius 2 is 1.73 bits per heavy atom. The van der Waals surface area contributed by atoms with Crippen LogP contribution in [-0.2, 0) is 21.2 Å². The predicted molar refractivity (Wildman–Crippen MR) is 141 cm³/mol. The zero-order valence-electron chi connectivity index (χ0n) is 20.6. The Hall–Kier alpha value is -3.69. The Balaban J connectivity index is 1.29. The summed E-state index contributed by atoms with van der Waals surface area (Å²) < 4.78 is 32.7. The van der Waals surface area contributed by atoms with Gasteiger partial charge in [0.25, 0.3) is 5.91 Å². The maximum Gasteiger partial charge on any atom is 0.258 e. The lowest BCUT2D eigenvalue weighted by molar-refractivity contribution is -0.120. The van der Waals surface area contributed by atoms with E-state index in [4.69, 9.17) is 4.74 Å². The molecule has 0 radical (unpaired) electrons. The molecular formula is C28H29N3O5S. The van der Waals surface area contributed by atoms with Crippen LogP contribution in [0.5, 0.6) is 5.75 Å². The Kier molecular flexibility index (Phi) is 6.99. The van der Waals surface area contributed by atoms with Crippen LogP contribution in [0.15, 0.2) is 77.7 Å². The topological polar surface area (TPSA) is 96.0 Å². The standard InChI is InChI=1S/C28H29N3O5S/c1-36-24-13-10-21(11-14-24)28(33)31-17-15-20-9-12-23(18-26(20)31)29-27(32)22-6-5-16-30(19-22)37(34,35)25-7-3-2-4-8-25/h2-4,7-14,18,22H,5-6,15-17,19H2,1H3,(H,29,32)/t22-/m0/s1. The second kappa shape index (κ2) is 10.4. The normalized spacial score (nSPS) is 17.8. The summed E-state index contributed by atoms with van der Waals surface area (Å²) in [5, 5.41) is 2.95. The minimum absolute atomic E-state index is 0.112. The van der Waals surface area contributed by atoms with Gasteiger partial charge < -0.3 is 15.0 Å². The number of methoxy groups -OCH3 is 1. The first-order valence-electron chi connectivity index (χ1n) is 12.3. The van der Waals surface area contributed by atoms with Crippen LogP contribution in [0.25, 0.3) is 0 Å². The van der Waals surface area contributed by atoms with Crippen molar-refractivity contribution in [3.8, 4) is 5.75 Å². The number of carbonyl (C=O) groups is 2. The van der Waals surface area contributed by atoms with Crippen molar-refractivity contribution in [2.24, 2.45) is 5.92 Å². The number of sulfonamides is 1. The third-order valence-electron chi connectivity index (χ3n) is 6.97. The molecule has 0 saturated carbocycles. The number of hydrogen-bond donors (Lipinski definition) is 1. The fourth-order valence-electron chi connectivity index (χ4n) is 4.92. The SMILES string of the molecule is COc1ccc(C(=O)N2CCc3ccc(NC(=O)[C@H]4CCCN(S(=O)(=O)c5ccccc5)C4)cc32)cc1. The summed E-state index contributed by atoms with van der Waals surface area (Å²) >= 11 is 0. The predicted octanol–water partition coefficient (Wildman–Crippen LogP) is 3.94. The summed E-state index contributed by atoms with van der Waals surface area (Å²) in [6, 6.07) is 20.9. The molecule has 37 heavy (non-hydrogen) atoms. The van der Waals surface area contributed by atoms with Crippen LogP contribution in [0.4, 0.5) is 11.4 Å². The Bertz CT molecular complexity index is 1410. The van der Waals surface area contributed by atoms with Gasteiger partial charge in [-0.05, 0) is 73.4 Å². The third-order valence-corrected chi connectivity index (χ3v) is 8.85. The highest BCUT2D eigenvalue weighted by Crippen LogP contribution is 2.33. The maximum absolute atomic E-state index is 13.2. The van der Waals surface area contributed by atoms with Gasteiger partial charge in [-0.2, -0.15) is 4.31 Å². The highest BCUT2D eigenvalue weighted by molar-refractivity contribution is 7.89. The first-order valence-corrected chi connectivity index (χ1v) is 13.8. The number of ether oxygens (including phenoxy) is 1. The third kappa shape index (κ3) is 5.10. The van der Waals surface area contributed by atoms with Gasteiger partial charge in [0, 0.05) is 36.6 Å². The second-order valence-electron chi connectivity index (χ2n) is 9.28. The molecule has 3 aromatic carbocycles. The number of amides is 2. The first-order chi connectivity index (χ1) is 17.9. The number of carbonyl (C=O) groups excluding carboxylic acids is 2. The monoisotopic (exact) mass is 519 g/mol. The van der Waals surface area contributed by atoms with Gasteiger partial charge in [0.2, 0.25) is 15.9 Å². The number of hydrogen-bond acceptors (Lipinski definition) is 5. The van der Waals surface area contributed by atoms with Crippen molar-refractivity contribution < 1.29 is 22.7 Å². The highest BCUT2D eigenvalue weighted by Gasteiger charge is 2.33. The van der Waals surface area contributed by atoms with Crippen LogP contribution < -0.4 is 15.0 Å². The highest BCUT2D eigenvalue weighted by atomic mass is 32.2. The maximum atomic E-state index is 13.2. The van der Waals surface area contributed by atoms with Gasteiger partial charge in [-0.1, -0.05) is 24.3 Å². The molecule has 1 fully saturated rings. The first kappa shape index (κ1) is 25.0. The fraction of sp³-hybridized carbons (Fsp3) is 0.286. The van der Waals surface area contributed by atoms with Crippen molar-refractivity contribution >= 4 is 33.2 Å². The summed E-state index contributed by atoms with van der Waals surface area (Å²) in [6.45, 7) is 1.09. The van der Waals surface area contributed by atoms with Gasteiger partial charge in [-0.15, -0.1) is 0 Å². The van der Waals surface area contributed by atoms with Gasteiger partial charge in [-0.25, -0.2) is 8.42 Å². The quantitative estimate of drug-likeness (QED) is 0.532. The van der Waals surface area contributed by atoms with Gasteiger partial charge in [-0.3, -0.25) is 9.59 Å². The van der Waals surface area contributed by atoms with Crippen molar-refractivity contribution in [1.29, 1.82) is 0 Å². The van der Waals surface area contributed by atoms with E-state index in [2.05, 4.69) is 5.32 Å². The molecule has 0 aromatic heterocycles. The van der Waals surface area contributed by atoms with Gasteiger partial charge in [0.05, 0.1) is 17.9 Å². The summed E-state index contributed by atoms with van der Waals surface area (Å²) in [5.74, 6) is -0.114. The number of fused-ring (bicyclic) bond motifs is 1. The molecule has 2 aliphatic heterocycles. The van der Waals surface area contributed by atoms with Gasteiger partial charge in [0.1, 0.15) is 5.75 Å². The lowest BCUT2D eigenvalue weighted by atomic mass is 9.98. The largest absolute Gasteiger partial charge is 0.497 e. The number of piperidine rings is 1. The molecule has 5 rings (SSSR count). The minimum atomic E-state index is -3.66. The average molecular weight is 520 g/mol. The number of nitrogens with one attached hydrogen (secondary N) is 1. The summed E-state index contributed by atoms with van der Waals surface area (Å²) in [5.41, 5.74) is 2.96. The molecule has 0 aliphatic carbocycles. The Morgan fingerprint density at radius 1 is 0.973 bits per heavy atom. The van der Waals surface area contributed by atoms with Crippen LogP contribution in [0, 0.1) is 5.92 Å². The molecule has 0 bridgehead atoms. The lowest BCUT2D eigenvalue weighted by Gasteiger charge is -2.31. The molecular weight excluding hydrogens is 490 g/mol. The van der Waals surface area contributed by atoms with Crippen molar-refractivity contribution in [3.63, 3.8) is 0 Å². The van der Waals surface area contributed by atoms with Crippen molar-refractivity contribution in [2.45, 2.75) is 24.2 Å². The molecule has 2 amide bonds. The van der Waals surface area contributed by atoms with Crippen molar-refractivity contribution in [2.75, 3.05) is 37.0 Å². The number of benzene rings is 3. The molecule has 0 unspecified atom stereocenters. The molecule has 0 spiro atoms. The van der Waals surface area contributed by atoms with E-state index in [-0.39, 0.29) is 23.3 Å². The summed E-state index contributed by atoms with van der Waals surface area (Å²) in [6.07, 6.45) is 1.96. The fourth-order valence-corrected chi connectivity index (χ4v) is 6.46. The van der Waals surface area contributed by atoms with E-state index < -0.39 is 15.9 Å². The van der Waals surface area contributed by atoms with Crippen LogP contribution in [0.1, 0.15) is 28.8 Å². The van der Waals surface area contributed by atoms with Crippen LogP contribution >= 0.6 is 0 Å². The van der Waals surface area contributed by atoms with E-state index in [0.717, 1.165) is 17.7 Å². The van der Waals surface area contributed by atoms with Crippen LogP contribution in [0.2, 0.25) is 0 Å². The Labute approximate surface area is 216 Å². The van der Waals surface area contributed by atoms with Gasteiger partial charge in [0.15, 0.2) is 0 Å². The molecule has 1 N–H and O–H groups in total. The van der Waals surface area contributed by atoms with E-state index >= 15 is 0 Å². The van der Waals surface area contributed by atoms with Crippen LogP contribution in [0.3, 0.4) is 0 Å². The summed E-state index contributed by atoms with van der Waals surface area (Å²) in [4.78, 5) is 28.3. The molecule has 1 saturated heterocycles.